The van der Waals surface area contributed by atoms with Gasteiger partial charge < -0.3 is 20.4 Å². The van der Waals surface area contributed by atoms with Gasteiger partial charge in [0.2, 0.25) is 11.8 Å². The van der Waals surface area contributed by atoms with Gasteiger partial charge in [-0.15, -0.1) is 0 Å². The minimum absolute atomic E-state index is 0.0305. The molecule has 0 atom stereocenters. The maximum atomic E-state index is 11.7. The van der Waals surface area contributed by atoms with Crippen molar-refractivity contribution in [2.24, 2.45) is 10.4 Å². The Bertz CT molecular complexity index is 509. The van der Waals surface area contributed by atoms with Crippen LogP contribution in [-0.4, -0.2) is 37.0 Å². The quantitative estimate of drug-likeness (QED) is 0.431. The smallest absolute Gasteiger partial charge is 0.225 e. The van der Waals surface area contributed by atoms with Crippen LogP contribution in [0.25, 0.3) is 0 Å². The topological polar surface area (TPSA) is 91.5 Å². The van der Waals surface area contributed by atoms with E-state index in [1.165, 1.54) is 0 Å². The summed E-state index contributed by atoms with van der Waals surface area (Å²) in [5, 5.41) is 9.11. The van der Waals surface area contributed by atoms with E-state index >= 15 is 0 Å². The first-order chi connectivity index (χ1) is 10.2. The summed E-state index contributed by atoms with van der Waals surface area (Å²) < 4.78 is 5.49. The van der Waals surface area contributed by atoms with E-state index in [0.717, 1.165) is 11.5 Å². The SMILES string of the molecule is CN=C(NCCNC(=O)C(C)(C)C)NCc1nc(C)c(C)o1. The highest BCUT2D eigenvalue weighted by Crippen LogP contribution is 2.11. The highest BCUT2D eigenvalue weighted by molar-refractivity contribution is 5.81. The Morgan fingerprint density at radius 2 is 1.82 bits per heavy atom. The Morgan fingerprint density at radius 1 is 1.18 bits per heavy atom. The van der Waals surface area contributed by atoms with Crippen LogP contribution in [0.15, 0.2) is 9.41 Å². The molecule has 1 heterocycles. The molecular weight excluding hydrogens is 282 g/mol. The minimum atomic E-state index is -0.374. The molecule has 1 amide bonds. The van der Waals surface area contributed by atoms with Crippen LogP contribution < -0.4 is 16.0 Å². The standard InChI is InChI=1S/C15H27N5O2/c1-10-11(2)22-12(20-10)9-19-14(16-6)18-8-7-17-13(21)15(3,4)5/h7-9H2,1-6H3,(H,17,21)(H2,16,18,19). The lowest BCUT2D eigenvalue weighted by atomic mass is 9.96. The summed E-state index contributed by atoms with van der Waals surface area (Å²) in [6, 6.07) is 0. The third-order valence-corrected chi connectivity index (χ3v) is 3.09. The van der Waals surface area contributed by atoms with Gasteiger partial charge in [-0.2, -0.15) is 0 Å². The van der Waals surface area contributed by atoms with E-state index in [0.29, 0.717) is 31.5 Å². The second-order valence-corrected chi connectivity index (χ2v) is 6.11. The van der Waals surface area contributed by atoms with Crippen molar-refractivity contribution in [2.45, 2.75) is 41.2 Å². The molecule has 3 N–H and O–H groups in total. The van der Waals surface area contributed by atoms with Crippen LogP contribution in [0.3, 0.4) is 0 Å². The normalized spacial score (nSPS) is 12.2. The number of hydrogen-bond donors (Lipinski definition) is 3. The molecule has 0 aromatic carbocycles. The van der Waals surface area contributed by atoms with E-state index in [2.05, 4.69) is 25.9 Å². The molecule has 0 spiro atoms. The van der Waals surface area contributed by atoms with E-state index in [1.54, 1.807) is 7.05 Å². The number of nitrogens with one attached hydrogen (secondary N) is 3. The summed E-state index contributed by atoms with van der Waals surface area (Å²) in [5.74, 6) is 2.12. The van der Waals surface area contributed by atoms with Gasteiger partial charge in [0.15, 0.2) is 5.96 Å². The molecule has 0 saturated heterocycles. The Kier molecular flexibility index (Phi) is 6.39. The molecule has 0 radical (unpaired) electrons. The molecule has 0 aliphatic carbocycles. The van der Waals surface area contributed by atoms with Crippen LogP contribution in [0.1, 0.15) is 38.1 Å². The summed E-state index contributed by atoms with van der Waals surface area (Å²) in [5.41, 5.74) is 0.519. The molecule has 0 aliphatic rings. The predicted molar refractivity (Wildman–Crippen MR) is 86.6 cm³/mol. The number of hydrogen-bond acceptors (Lipinski definition) is 4. The molecule has 0 aliphatic heterocycles. The highest BCUT2D eigenvalue weighted by atomic mass is 16.4. The maximum Gasteiger partial charge on any atom is 0.225 e. The van der Waals surface area contributed by atoms with Crippen LogP contribution in [0, 0.1) is 19.3 Å². The van der Waals surface area contributed by atoms with Crippen molar-refractivity contribution < 1.29 is 9.21 Å². The van der Waals surface area contributed by atoms with E-state index in [1.807, 2.05) is 34.6 Å². The van der Waals surface area contributed by atoms with Gasteiger partial charge in [0.25, 0.3) is 0 Å². The molecule has 0 saturated carbocycles. The number of nitrogens with zero attached hydrogens (tertiary/aromatic N) is 2. The Labute approximate surface area is 132 Å². The van der Waals surface area contributed by atoms with Crippen LogP contribution in [0.2, 0.25) is 0 Å². The van der Waals surface area contributed by atoms with Crippen LogP contribution in [-0.2, 0) is 11.3 Å². The average Bonchev–Trinajstić information content (AvgIpc) is 2.75. The molecule has 0 bridgehead atoms. The van der Waals surface area contributed by atoms with Gasteiger partial charge in [-0.05, 0) is 13.8 Å². The number of guanidine groups is 1. The number of aromatic nitrogens is 1. The van der Waals surface area contributed by atoms with Crippen LogP contribution in [0.5, 0.6) is 0 Å². The lowest BCUT2D eigenvalue weighted by Gasteiger charge is -2.18. The zero-order chi connectivity index (χ0) is 16.8. The van der Waals surface area contributed by atoms with Crippen molar-refractivity contribution in [3.8, 4) is 0 Å². The molecule has 0 unspecified atom stereocenters. The zero-order valence-electron chi connectivity index (χ0n) is 14.3. The minimum Gasteiger partial charge on any atom is -0.444 e. The molecule has 7 nitrogen and oxygen atoms in total. The van der Waals surface area contributed by atoms with Crippen LogP contribution >= 0.6 is 0 Å². The second kappa shape index (κ2) is 7.82. The fourth-order valence-corrected chi connectivity index (χ4v) is 1.62. The number of carbonyl (C=O) groups excluding carboxylic acids is 1. The van der Waals surface area contributed by atoms with E-state index in [-0.39, 0.29) is 11.3 Å². The lowest BCUT2D eigenvalue weighted by Crippen LogP contribution is -2.43. The first-order valence-corrected chi connectivity index (χ1v) is 7.39. The maximum absolute atomic E-state index is 11.7. The number of rotatable bonds is 5. The molecule has 124 valence electrons. The summed E-state index contributed by atoms with van der Waals surface area (Å²) >= 11 is 0. The summed E-state index contributed by atoms with van der Waals surface area (Å²) in [6.45, 7) is 11.0. The van der Waals surface area contributed by atoms with Gasteiger partial charge >= 0.3 is 0 Å². The highest BCUT2D eigenvalue weighted by Gasteiger charge is 2.20. The molecule has 1 rings (SSSR count). The fraction of sp³-hybridized carbons (Fsp3) is 0.667. The molecular formula is C15H27N5O2. The summed E-state index contributed by atoms with van der Waals surface area (Å²) in [4.78, 5) is 20.1. The van der Waals surface area contributed by atoms with Crippen LogP contribution in [0.4, 0.5) is 0 Å². The van der Waals surface area contributed by atoms with Crippen molar-refractivity contribution in [3.05, 3.63) is 17.3 Å². The van der Waals surface area contributed by atoms with Crippen molar-refractivity contribution in [1.29, 1.82) is 0 Å². The van der Waals surface area contributed by atoms with E-state index < -0.39 is 0 Å². The summed E-state index contributed by atoms with van der Waals surface area (Å²) in [6.07, 6.45) is 0. The third kappa shape index (κ3) is 5.75. The first-order valence-electron chi connectivity index (χ1n) is 7.39. The first kappa shape index (κ1) is 18.0. The van der Waals surface area contributed by atoms with Gasteiger partial charge in [-0.3, -0.25) is 9.79 Å². The second-order valence-electron chi connectivity index (χ2n) is 6.11. The van der Waals surface area contributed by atoms with Crippen molar-refractivity contribution in [2.75, 3.05) is 20.1 Å². The van der Waals surface area contributed by atoms with Gasteiger partial charge in [-0.25, -0.2) is 4.98 Å². The van der Waals surface area contributed by atoms with Crippen molar-refractivity contribution in [3.63, 3.8) is 0 Å². The van der Waals surface area contributed by atoms with Crippen molar-refractivity contribution >= 4 is 11.9 Å². The fourth-order valence-electron chi connectivity index (χ4n) is 1.62. The lowest BCUT2D eigenvalue weighted by molar-refractivity contribution is -0.128. The van der Waals surface area contributed by atoms with Gasteiger partial charge in [0.1, 0.15) is 5.76 Å². The number of oxazole rings is 1. The zero-order valence-corrected chi connectivity index (χ0v) is 14.3. The molecule has 1 aromatic rings. The van der Waals surface area contributed by atoms with Gasteiger partial charge in [-0.1, -0.05) is 20.8 Å². The number of aryl methyl sites for hydroxylation is 2. The number of amides is 1. The van der Waals surface area contributed by atoms with E-state index in [4.69, 9.17) is 4.42 Å². The monoisotopic (exact) mass is 309 g/mol. The Balaban J connectivity index is 2.30. The summed E-state index contributed by atoms with van der Waals surface area (Å²) in [7, 11) is 1.69. The third-order valence-electron chi connectivity index (χ3n) is 3.09. The average molecular weight is 309 g/mol. The number of carbonyl (C=O) groups is 1. The van der Waals surface area contributed by atoms with E-state index in [9.17, 15) is 4.79 Å². The van der Waals surface area contributed by atoms with Gasteiger partial charge in [0.05, 0.1) is 12.2 Å². The largest absolute Gasteiger partial charge is 0.444 e. The number of aliphatic imine (C=N–C) groups is 1. The molecule has 1 aromatic heterocycles. The Hall–Kier alpha value is -2.05. The molecule has 7 heteroatoms. The molecule has 0 fully saturated rings. The predicted octanol–water partition coefficient (Wildman–Crippen LogP) is 1.12. The van der Waals surface area contributed by atoms with Crippen molar-refractivity contribution in [1.82, 2.24) is 20.9 Å². The van der Waals surface area contributed by atoms with Gasteiger partial charge in [0, 0.05) is 25.6 Å². The molecule has 22 heavy (non-hydrogen) atoms. The Morgan fingerprint density at radius 3 is 2.32 bits per heavy atom.